The van der Waals surface area contributed by atoms with Crippen molar-refractivity contribution in [2.45, 2.75) is 39.8 Å². The summed E-state index contributed by atoms with van der Waals surface area (Å²) in [6.45, 7) is 9.17. The molecule has 0 spiro atoms. The first-order chi connectivity index (χ1) is 10.1. The van der Waals surface area contributed by atoms with Gasteiger partial charge >= 0.3 is 0 Å². The largest absolute Gasteiger partial charge is 0.493 e. The van der Waals surface area contributed by atoms with Crippen molar-refractivity contribution in [2.75, 3.05) is 13.7 Å². The molecule has 1 atom stereocenters. The van der Waals surface area contributed by atoms with Crippen molar-refractivity contribution in [3.8, 4) is 5.75 Å². The summed E-state index contributed by atoms with van der Waals surface area (Å²) in [5.74, 6) is 0.801. The van der Waals surface area contributed by atoms with Gasteiger partial charge in [0.2, 0.25) is 0 Å². The first-order valence-electron chi connectivity index (χ1n) is 7.35. The monoisotopic (exact) mass is 288 g/mol. The van der Waals surface area contributed by atoms with Gasteiger partial charge in [0.15, 0.2) is 5.75 Å². The van der Waals surface area contributed by atoms with E-state index in [1.165, 1.54) is 0 Å². The minimum absolute atomic E-state index is 0.0166. The molecule has 21 heavy (non-hydrogen) atoms. The third kappa shape index (κ3) is 3.24. The van der Waals surface area contributed by atoms with E-state index in [0.29, 0.717) is 0 Å². The molecule has 0 aromatic carbocycles. The lowest BCUT2D eigenvalue weighted by molar-refractivity contribution is 0.394. The molecule has 114 valence electrons. The molecule has 0 aliphatic rings. The lowest BCUT2D eigenvalue weighted by Gasteiger charge is -2.22. The maximum Gasteiger partial charge on any atom is 0.161 e. The normalized spacial score (nSPS) is 12.7. The molecule has 2 heterocycles. The number of aromatic nitrogens is 3. The van der Waals surface area contributed by atoms with Gasteiger partial charge in [0.05, 0.1) is 19.3 Å². The summed E-state index contributed by atoms with van der Waals surface area (Å²) in [5, 5.41) is 7.97. The smallest absolute Gasteiger partial charge is 0.161 e. The highest BCUT2D eigenvalue weighted by atomic mass is 16.5. The fraction of sp³-hybridized carbons (Fsp3) is 0.500. The molecule has 0 fully saturated rings. The highest BCUT2D eigenvalue weighted by Crippen LogP contribution is 2.31. The number of nitrogens with one attached hydrogen (secondary N) is 1. The van der Waals surface area contributed by atoms with E-state index in [1.807, 2.05) is 23.9 Å². The number of rotatable bonds is 6. The van der Waals surface area contributed by atoms with Crippen LogP contribution in [-0.4, -0.2) is 28.4 Å². The van der Waals surface area contributed by atoms with Crippen molar-refractivity contribution in [2.24, 2.45) is 0 Å². The van der Waals surface area contributed by atoms with Crippen LogP contribution in [0, 0.1) is 6.92 Å². The van der Waals surface area contributed by atoms with Gasteiger partial charge in [-0.25, -0.2) is 0 Å². The molecule has 1 unspecified atom stereocenters. The van der Waals surface area contributed by atoms with Crippen LogP contribution in [0.25, 0.3) is 0 Å². The maximum atomic E-state index is 5.50. The fourth-order valence-electron chi connectivity index (χ4n) is 2.43. The Hall–Kier alpha value is -1.88. The highest BCUT2D eigenvalue weighted by Gasteiger charge is 2.24. The van der Waals surface area contributed by atoms with Crippen LogP contribution < -0.4 is 10.1 Å². The number of hydrogen-bond donors (Lipinski definition) is 1. The average Bonchev–Trinajstić information content (AvgIpc) is 2.89. The van der Waals surface area contributed by atoms with Crippen LogP contribution in [0.3, 0.4) is 0 Å². The van der Waals surface area contributed by atoms with Gasteiger partial charge in [-0.15, -0.1) is 0 Å². The first kappa shape index (κ1) is 15.5. The van der Waals surface area contributed by atoms with Crippen molar-refractivity contribution in [1.82, 2.24) is 20.1 Å². The van der Waals surface area contributed by atoms with Crippen LogP contribution in [0.15, 0.2) is 24.5 Å². The molecule has 2 aromatic rings. The van der Waals surface area contributed by atoms with E-state index >= 15 is 0 Å². The summed E-state index contributed by atoms with van der Waals surface area (Å²) in [4.78, 5) is 4.41. The Balaban J connectivity index is 2.51. The van der Waals surface area contributed by atoms with Crippen LogP contribution in [0.5, 0.6) is 5.75 Å². The Labute approximate surface area is 126 Å². The van der Waals surface area contributed by atoms with Crippen LogP contribution in [-0.2, 0) is 0 Å². The van der Waals surface area contributed by atoms with Crippen molar-refractivity contribution in [3.05, 3.63) is 41.5 Å². The molecule has 0 saturated heterocycles. The molecule has 0 bridgehead atoms. The van der Waals surface area contributed by atoms with Gasteiger partial charge in [0.1, 0.15) is 5.69 Å². The van der Waals surface area contributed by atoms with Crippen LogP contribution in [0.2, 0.25) is 0 Å². The molecule has 5 nitrogen and oxygen atoms in total. The van der Waals surface area contributed by atoms with Crippen molar-refractivity contribution >= 4 is 0 Å². The summed E-state index contributed by atoms with van der Waals surface area (Å²) >= 11 is 0. The predicted octanol–water partition coefficient (Wildman–Crippen LogP) is 2.87. The highest BCUT2D eigenvalue weighted by molar-refractivity contribution is 5.36. The zero-order valence-electron chi connectivity index (χ0n) is 13.4. The number of hydrogen-bond acceptors (Lipinski definition) is 4. The zero-order valence-corrected chi connectivity index (χ0v) is 13.4. The molecule has 0 aliphatic heterocycles. The number of aryl methyl sites for hydroxylation is 1. The molecule has 2 rings (SSSR count). The Morgan fingerprint density at radius 1 is 1.29 bits per heavy atom. The molecule has 5 heteroatoms. The number of ether oxygens (including phenoxy) is 1. The van der Waals surface area contributed by atoms with E-state index in [1.54, 1.807) is 13.3 Å². The van der Waals surface area contributed by atoms with Crippen LogP contribution in [0.1, 0.15) is 49.8 Å². The van der Waals surface area contributed by atoms with Gasteiger partial charge in [0, 0.05) is 17.9 Å². The van der Waals surface area contributed by atoms with Gasteiger partial charge in [-0.1, -0.05) is 13.0 Å². The number of methoxy groups -OCH3 is 1. The lowest BCUT2D eigenvalue weighted by Crippen LogP contribution is -2.26. The topological polar surface area (TPSA) is 52.0 Å². The van der Waals surface area contributed by atoms with Crippen molar-refractivity contribution in [3.63, 3.8) is 0 Å². The number of pyridine rings is 1. The molecule has 2 aromatic heterocycles. The van der Waals surface area contributed by atoms with Gasteiger partial charge in [-0.3, -0.25) is 9.67 Å². The van der Waals surface area contributed by atoms with E-state index in [-0.39, 0.29) is 12.1 Å². The van der Waals surface area contributed by atoms with Crippen molar-refractivity contribution in [1.29, 1.82) is 0 Å². The molecular formula is C16H24N4O. The molecular weight excluding hydrogens is 264 g/mol. The zero-order chi connectivity index (χ0) is 15.4. The van der Waals surface area contributed by atoms with Crippen molar-refractivity contribution < 1.29 is 4.74 Å². The quantitative estimate of drug-likeness (QED) is 0.888. The first-order valence-corrected chi connectivity index (χ1v) is 7.35. The Morgan fingerprint density at radius 2 is 2.05 bits per heavy atom. The minimum Gasteiger partial charge on any atom is -0.493 e. The third-order valence-corrected chi connectivity index (χ3v) is 3.46. The second kappa shape index (κ2) is 6.72. The third-order valence-electron chi connectivity index (χ3n) is 3.46. The van der Waals surface area contributed by atoms with Crippen LogP contribution in [0.4, 0.5) is 0 Å². The summed E-state index contributed by atoms with van der Waals surface area (Å²) in [5.41, 5.74) is 3.17. The van der Waals surface area contributed by atoms with E-state index in [9.17, 15) is 0 Å². The van der Waals surface area contributed by atoms with E-state index < -0.39 is 0 Å². The Kier molecular flexibility index (Phi) is 4.96. The SMILES string of the molecule is CCNC(c1ccc(C)nc1)c1c(OC)cnn1C(C)C. The summed E-state index contributed by atoms with van der Waals surface area (Å²) < 4.78 is 7.51. The van der Waals surface area contributed by atoms with Crippen LogP contribution >= 0.6 is 0 Å². The summed E-state index contributed by atoms with van der Waals surface area (Å²) in [6, 6.07) is 4.42. The molecule has 0 amide bonds. The fourth-order valence-corrected chi connectivity index (χ4v) is 2.43. The van der Waals surface area contributed by atoms with E-state index in [2.05, 4.69) is 42.2 Å². The average molecular weight is 288 g/mol. The Morgan fingerprint density at radius 3 is 2.57 bits per heavy atom. The second-order valence-corrected chi connectivity index (χ2v) is 5.36. The van der Waals surface area contributed by atoms with Gasteiger partial charge in [-0.05, 0) is 38.9 Å². The number of nitrogens with zero attached hydrogens (tertiary/aromatic N) is 3. The van der Waals surface area contributed by atoms with E-state index in [4.69, 9.17) is 4.74 Å². The Bertz CT molecular complexity index is 574. The van der Waals surface area contributed by atoms with Gasteiger partial charge < -0.3 is 10.1 Å². The predicted molar refractivity (Wildman–Crippen MR) is 83.7 cm³/mol. The minimum atomic E-state index is 0.0166. The second-order valence-electron chi connectivity index (χ2n) is 5.36. The lowest BCUT2D eigenvalue weighted by atomic mass is 10.0. The molecule has 0 aliphatic carbocycles. The molecule has 0 radical (unpaired) electrons. The van der Waals surface area contributed by atoms with E-state index in [0.717, 1.165) is 29.2 Å². The maximum absolute atomic E-state index is 5.50. The van der Waals surface area contributed by atoms with Gasteiger partial charge in [0.25, 0.3) is 0 Å². The molecule has 1 N–H and O–H groups in total. The summed E-state index contributed by atoms with van der Waals surface area (Å²) in [6.07, 6.45) is 3.70. The standard InChI is InChI=1S/C16H24N4O/c1-6-17-15(13-8-7-12(4)18-9-13)16-14(21-5)10-19-20(16)11(2)3/h7-11,15,17H,6H2,1-5H3. The summed E-state index contributed by atoms with van der Waals surface area (Å²) in [7, 11) is 1.68. The molecule has 0 saturated carbocycles. The van der Waals surface area contributed by atoms with Gasteiger partial charge in [-0.2, -0.15) is 5.10 Å².